The minimum absolute atomic E-state index is 0.0331. The van der Waals surface area contributed by atoms with Crippen LogP contribution in [-0.4, -0.2) is 33.1 Å². The van der Waals surface area contributed by atoms with E-state index in [1.807, 2.05) is 6.26 Å². The van der Waals surface area contributed by atoms with Gasteiger partial charge >= 0.3 is 0 Å². The molecule has 4 rings (SSSR count). The summed E-state index contributed by atoms with van der Waals surface area (Å²) in [6, 6.07) is 12.2. The molecule has 1 atom stereocenters. The van der Waals surface area contributed by atoms with Crippen molar-refractivity contribution in [2.24, 2.45) is 7.05 Å². The smallest absolute Gasteiger partial charge is 0.263 e. The van der Waals surface area contributed by atoms with Crippen LogP contribution in [0.3, 0.4) is 0 Å². The number of fused-ring (bicyclic) bond motifs is 1. The van der Waals surface area contributed by atoms with Crippen molar-refractivity contribution in [3.63, 3.8) is 0 Å². The first-order valence-corrected chi connectivity index (χ1v) is 11.7. The summed E-state index contributed by atoms with van der Waals surface area (Å²) in [7, 11) is 1.09. The number of nitriles is 1. The van der Waals surface area contributed by atoms with Crippen molar-refractivity contribution in [2.75, 3.05) is 12.9 Å². The highest BCUT2D eigenvalue weighted by atomic mass is 32.2. The molecule has 0 spiro atoms. The molecule has 1 aliphatic rings. The molecule has 32 heavy (non-hydrogen) atoms. The molecule has 1 amide bonds. The number of hydrogen-bond donors (Lipinski definition) is 2. The van der Waals surface area contributed by atoms with Gasteiger partial charge in [0.1, 0.15) is 17.7 Å². The number of carbonyl (C=O) groups is 1. The van der Waals surface area contributed by atoms with Gasteiger partial charge in [0.2, 0.25) is 5.88 Å². The fourth-order valence-corrected chi connectivity index (χ4v) is 4.47. The molecule has 2 aromatic heterocycles. The van der Waals surface area contributed by atoms with Crippen LogP contribution in [0.2, 0.25) is 0 Å². The second-order valence-electron chi connectivity index (χ2n) is 7.95. The molecule has 2 N–H and O–H groups in total. The molecule has 164 valence electrons. The van der Waals surface area contributed by atoms with Crippen molar-refractivity contribution in [3.8, 4) is 11.9 Å². The van der Waals surface area contributed by atoms with E-state index in [0.29, 0.717) is 29.0 Å². The Morgan fingerprint density at radius 2 is 2.06 bits per heavy atom. The number of hydrogen-bond acceptors (Lipinski definition) is 6. The predicted molar refractivity (Wildman–Crippen MR) is 123 cm³/mol. The van der Waals surface area contributed by atoms with E-state index in [4.69, 9.17) is 14.8 Å². The van der Waals surface area contributed by atoms with Crippen LogP contribution in [0.25, 0.3) is 10.9 Å². The number of carbonyl (C=O) groups excluding carboxylic acids is 1. The third-order valence-corrected chi connectivity index (χ3v) is 7.63. The molecular weight excluding hydrogens is 426 g/mol. The van der Waals surface area contributed by atoms with Gasteiger partial charge < -0.3 is 14.6 Å². The quantitative estimate of drug-likeness (QED) is 0.574. The Balaban J connectivity index is 1.57. The number of aryl methyl sites for hydroxylation is 1. The summed E-state index contributed by atoms with van der Waals surface area (Å²) in [6.45, 7) is 0.633. The van der Waals surface area contributed by atoms with Gasteiger partial charge in [-0.2, -0.15) is 5.26 Å². The van der Waals surface area contributed by atoms with Gasteiger partial charge in [-0.15, -0.1) is 0 Å². The number of ether oxygens (including phenoxy) is 1. The lowest BCUT2D eigenvalue weighted by Crippen LogP contribution is -2.32. The topological polar surface area (TPSA) is 121 Å². The molecule has 0 radical (unpaired) electrons. The lowest BCUT2D eigenvalue weighted by molar-refractivity contribution is 0.0949. The van der Waals surface area contributed by atoms with Gasteiger partial charge in [-0.3, -0.25) is 14.4 Å². The zero-order chi connectivity index (χ0) is 22.9. The molecule has 1 unspecified atom stereocenters. The molecule has 9 heteroatoms. The average molecular weight is 450 g/mol. The van der Waals surface area contributed by atoms with Crippen LogP contribution in [-0.2, 0) is 24.3 Å². The molecule has 1 fully saturated rings. The van der Waals surface area contributed by atoms with Gasteiger partial charge in [0.05, 0.1) is 16.4 Å². The summed E-state index contributed by atoms with van der Waals surface area (Å²) >= 11 is 0. The highest BCUT2D eigenvalue weighted by Crippen LogP contribution is 2.42. The lowest BCUT2D eigenvalue weighted by atomic mass is 10.1. The highest BCUT2D eigenvalue weighted by molar-refractivity contribution is 7.87. The summed E-state index contributed by atoms with van der Waals surface area (Å²) in [4.78, 5) is 30.0. The van der Waals surface area contributed by atoms with E-state index in [0.717, 1.165) is 18.4 Å². The van der Waals surface area contributed by atoms with E-state index in [2.05, 4.69) is 16.4 Å². The molecule has 1 aliphatic carbocycles. The van der Waals surface area contributed by atoms with Crippen LogP contribution in [0.5, 0.6) is 5.88 Å². The molecule has 8 nitrogen and oxygen atoms in total. The van der Waals surface area contributed by atoms with Gasteiger partial charge in [-0.1, -0.05) is 22.8 Å². The predicted octanol–water partition coefficient (Wildman–Crippen LogP) is 2.66. The van der Waals surface area contributed by atoms with Crippen LogP contribution in [0.1, 0.15) is 34.3 Å². The molecular formula is C23H23N5O3S. The fourth-order valence-electron chi connectivity index (χ4n) is 3.52. The third-order valence-electron chi connectivity index (χ3n) is 5.80. The SMILES string of the molecule is Cn1c(=O)c(C(=O)NCc2ccc(C#N)cc2)cc2ccnc(OCC3(S(C)=N)CC3)c21. The van der Waals surface area contributed by atoms with Crippen molar-refractivity contribution in [2.45, 2.75) is 24.1 Å². The minimum atomic E-state index is -0.502. The summed E-state index contributed by atoms with van der Waals surface area (Å²) in [6.07, 6.45) is 5.41. The lowest BCUT2D eigenvalue weighted by Gasteiger charge is -2.17. The van der Waals surface area contributed by atoms with E-state index in [9.17, 15) is 9.59 Å². The number of aromatic nitrogens is 2. The maximum absolute atomic E-state index is 12.9. The van der Waals surface area contributed by atoms with Gasteiger partial charge in [-0.25, -0.2) is 4.98 Å². The summed E-state index contributed by atoms with van der Waals surface area (Å²) < 4.78 is 15.3. The van der Waals surface area contributed by atoms with Crippen molar-refractivity contribution in [3.05, 3.63) is 69.6 Å². The first kappa shape index (κ1) is 21.7. The monoisotopic (exact) mass is 449 g/mol. The number of rotatable bonds is 7. The number of benzene rings is 1. The third kappa shape index (κ3) is 4.14. The van der Waals surface area contributed by atoms with Crippen molar-refractivity contribution in [1.82, 2.24) is 14.9 Å². The van der Waals surface area contributed by atoms with Gasteiger partial charge in [-0.05, 0) is 48.9 Å². The molecule has 0 aliphatic heterocycles. The van der Waals surface area contributed by atoms with Crippen LogP contribution >= 0.6 is 0 Å². The second-order valence-corrected chi connectivity index (χ2v) is 9.84. The van der Waals surface area contributed by atoms with E-state index in [1.54, 1.807) is 49.6 Å². The second kappa shape index (κ2) is 8.55. The molecule has 0 bridgehead atoms. The molecule has 1 saturated carbocycles. The maximum Gasteiger partial charge on any atom is 0.263 e. The first-order chi connectivity index (χ1) is 15.3. The summed E-state index contributed by atoms with van der Waals surface area (Å²) in [5.74, 6) is -0.138. The fraction of sp³-hybridized carbons (Fsp3) is 0.304. The minimum Gasteiger partial charge on any atom is -0.475 e. The van der Waals surface area contributed by atoms with Gasteiger partial charge in [0.15, 0.2) is 0 Å². The number of pyridine rings is 2. The van der Waals surface area contributed by atoms with Crippen LogP contribution < -0.4 is 15.6 Å². The average Bonchev–Trinajstić information content (AvgIpc) is 3.60. The number of nitrogens with zero attached hydrogens (tertiary/aromatic N) is 3. The van der Waals surface area contributed by atoms with Gasteiger partial charge in [0, 0.05) is 25.2 Å². The molecule has 0 saturated heterocycles. The van der Waals surface area contributed by atoms with E-state index >= 15 is 0 Å². The van der Waals surface area contributed by atoms with Crippen molar-refractivity contribution < 1.29 is 9.53 Å². The highest BCUT2D eigenvalue weighted by Gasteiger charge is 2.45. The van der Waals surface area contributed by atoms with Crippen LogP contribution in [0, 0.1) is 16.1 Å². The largest absolute Gasteiger partial charge is 0.475 e. The van der Waals surface area contributed by atoms with Crippen molar-refractivity contribution >= 4 is 27.5 Å². The van der Waals surface area contributed by atoms with E-state index < -0.39 is 22.2 Å². The zero-order valence-electron chi connectivity index (χ0n) is 17.8. The first-order valence-electron chi connectivity index (χ1n) is 10.1. The Morgan fingerprint density at radius 1 is 1.34 bits per heavy atom. The summed E-state index contributed by atoms with van der Waals surface area (Å²) in [5.41, 5.74) is 1.49. The van der Waals surface area contributed by atoms with E-state index in [-0.39, 0.29) is 16.9 Å². The molecule has 3 aromatic rings. The maximum atomic E-state index is 12.9. The van der Waals surface area contributed by atoms with Crippen LogP contribution in [0.15, 0.2) is 47.4 Å². The van der Waals surface area contributed by atoms with Crippen LogP contribution in [0.4, 0.5) is 0 Å². The Hall–Kier alpha value is -3.51. The Kier molecular flexibility index (Phi) is 5.80. The normalized spacial score (nSPS) is 15.0. The summed E-state index contributed by atoms with van der Waals surface area (Å²) in [5, 5.41) is 12.3. The van der Waals surface area contributed by atoms with Crippen molar-refractivity contribution in [1.29, 1.82) is 10.0 Å². The molecule has 2 heterocycles. The Labute approximate surface area is 187 Å². The Morgan fingerprint density at radius 3 is 2.69 bits per heavy atom. The number of amides is 1. The van der Waals surface area contributed by atoms with Gasteiger partial charge in [0.25, 0.3) is 11.5 Å². The van der Waals surface area contributed by atoms with E-state index in [1.165, 1.54) is 4.57 Å². The standard InChI is InChI=1S/C23H23N5O3S/c1-28-19-17(7-10-26-21(19)31-14-23(8-9-23)32(2)25)11-18(22(28)30)20(29)27-13-16-5-3-15(12-24)4-6-16/h3-7,10-11,25H,8-9,13-14H2,1-2H3,(H,27,29). The molecule has 1 aromatic carbocycles. The number of nitrogens with one attached hydrogen (secondary N) is 2. The zero-order valence-corrected chi connectivity index (χ0v) is 18.7. The Bertz CT molecular complexity index is 1320.